The summed E-state index contributed by atoms with van der Waals surface area (Å²) in [7, 11) is 3.29. The number of hydrogen-bond donors (Lipinski definition) is 1. The molecule has 0 spiro atoms. The second kappa shape index (κ2) is 9.53. The van der Waals surface area contributed by atoms with Gasteiger partial charge in [0.15, 0.2) is 0 Å². The summed E-state index contributed by atoms with van der Waals surface area (Å²) in [6.45, 7) is 0.875. The topological polar surface area (TPSA) is 47.6 Å². The number of hydrogen-bond acceptors (Lipinski definition) is 4. The molecule has 4 nitrogen and oxygen atoms in total. The van der Waals surface area contributed by atoms with E-state index >= 15 is 0 Å². The molecule has 0 bridgehead atoms. The average molecular weight is 325 g/mol. The minimum absolute atomic E-state index is 0.00453. The molecule has 2 aromatic rings. The lowest BCUT2D eigenvalue weighted by atomic mass is 10.1. The quantitative estimate of drug-likeness (QED) is 0.595. The number of carbonyl (C=O) groups is 1. The fraction of sp³-hybridized carbons (Fsp3) is 0.250. The summed E-state index contributed by atoms with van der Waals surface area (Å²) in [6.07, 6.45) is 3.99. The van der Waals surface area contributed by atoms with Crippen LogP contribution in [0.25, 0.3) is 6.08 Å². The Morgan fingerprint density at radius 2 is 1.83 bits per heavy atom. The minimum Gasteiger partial charge on any atom is -0.486 e. The zero-order valence-corrected chi connectivity index (χ0v) is 14.1. The number of nitrogens with one attached hydrogen (secondary N) is 1. The molecule has 1 atom stereocenters. The number of esters is 1. The summed E-state index contributed by atoms with van der Waals surface area (Å²) < 4.78 is 10.7. The normalized spacial score (nSPS) is 12.1. The van der Waals surface area contributed by atoms with Crippen LogP contribution in [0, 0.1) is 0 Å². The average Bonchev–Trinajstić information content (AvgIpc) is 2.64. The van der Waals surface area contributed by atoms with Gasteiger partial charge in [-0.15, -0.1) is 0 Å². The highest BCUT2D eigenvalue weighted by Gasteiger charge is 2.12. The SMILES string of the molecule is CNCCC(Oc1ccc(/C=C/C(=O)OC)cc1)c1ccccc1. The maximum Gasteiger partial charge on any atom is 0.330 e. The molecule has 0 fully saturated rings. The number of ether oxygens (including phenoxy) is 2. The standard InChI is InChI=1S/C20H23NO3/c1-21-15-14-19(17-6-4-3-5-7-17)24-18-11-8-16(9-12-18)10-13-20(22)23-2/h3-13,19,21H,14-15H2,1-2H3/b13-10+. The molecule has 0 aliphatic heterocycles. The zero-order chi connectivity index (χ0) is 17.2. The second-order valence-corrected chi connectivity index (χ2v) is 5.33. The van der Waals surface area contributed by atoms with Crippen LogP contribution in [0.5, 0.6) is 5.75 Å². The molecule has 1 unspecified atom stereocenters. The van der Waals surface area contributed by atoms with Crippen molar-refractivity contribution >= 4 is 12.0 Å². The zero-order valence-electron chi connectivity index (χ0n) is 14.1. The van der Waals surface area contributed by atoms with Gasteiger partial charge in [-0.3, -0.25) is 0 Å². The van der Waals surface area contributed by atoms with Crippen molar-refractivity contribution in [3.05, 3.63) is 71.8 Å². The first-order chi connectivity index (χ1) is 11.7. The molecule has 24 heavy (non-hydrogen) atoms. The van der Waals surface area contributed by atoms with Gasteiger partial charge in [0, 0.05) is 12.5 Å². The molecule has 0 radical (unpaired) electrons. The van der Waals surface area contributed by atoms with Crippen LogP contribution in [0.1, 0.15) is 23.7 Å². The third-order valence-corrected chi connectivity index (χ3v) is 3.60. The third-order valence-electron chi connectivity index (χ3n) is 3.60. The van der Waals surface area contributed by atoms with Gasteiger partial charge in [-0.2, -0.15) is 0 Å². The number of benzene rings is 2. The van der Waals surface area contributed by atoms with E-state index in [2.05, 4.69) is 22.2 Å². The smallest absolute Gasteiger partial charge is 0.330 e. The summed E-state index contributed by atoms with van der Waals surface area (Å²) in [5, 5.41) is 3.16. The number of carbonyl (C=O) groups excluding carboxylic acids is 1. The fourth-order valence-electron chi connectivity index (χ4n) is 2.29. The van der Waals surface area contributed by atoms with E-state index in [4.69, 9.17) is 4.74 Å². The van der Waals surface area contributed by atoms with Gasteiger partial charge in [-0.25, -0.2) is 4.79 Å². The molecular formula is C20H23NO3. The number of methoxy groups -OCH3 is 1. The third kappa shape index (κ3) is 5.56. The lowest BCUT2D eigenvalue weighted by molar-refractivity contribution is -0.134. The van der Waals surface area contributed by atoms with E-state index in [1.165, 1.54) is 13.2 Å². The highest BCUT2D eigenvalue weighted by molar-refractivity contribution is 5.86. The molecule has 0 saturated carbocycles. The largest absolute Gasteiger partial charge is 0.486 e. The number of rotatable bonds is 8. The van der Waals surface area contributed by atoms with Crippen LogP contribution in [0.2, 0.25) is 0 Å². The molecule has 0 aliphatic carbocycles. The van der Waals surface area contributed by atoms with Gasteiger partial charge < -0.3 is 14.8 Å². The predicted octanol–water partition coefficient (Wildman–Crippen LogP) is 3.60. The van der Waals surface area contributed by atoms with Crippen LogP contribution in [-0.2, 0) is 9.53 Å². The lowest BCUT2D eigenvalue weighted by Crippen LogP contribution is -2.16. The summed E-state index contributed by atoms with van der Waals surface area (Å²) in [4.78, 5) is 11.1. The second-order valence-electron chi connectivity index (χ2n) is 5.33. The molecule has 126 valence electrons. The Bertz CT molecular complexity index is 650. The molecule has 0 aromatic heterocycles. The molecule has 0 amide bonds. The Hall–Kier alpha value is -2.59. The summed E-state index contributed by atoms with van der Waals surface area (Å²) in [6, 6.07) is 17.8. The van der Waals surface area contributed by atoms with E-state index in [0.29, 0.717) is 0 Å². The first kappa shape index (κ1) is 17.8. The van der Waals surface area contributed by atoms with Gasteiger partial charge in [0.05, 0.1) is 7.11 Å². The van der Waals surface area contributed by atoms with E-state index in [0.717, 1.165) is 29.8 Å². The molecule has 1 N–H and O–H groups in total. The molecule has 2 aromatic carbocycles. The van der Waals surface area contributed by atoms with Crippen LogP contribution in [0.4, 0.5) is 0 Å². The minimum atomic E-state index is -0.369. The van der Waals surface area contributed by atoms with Gasteiger partial charge in [-0.05, 0) is 42.9 Å². The van der Waals surface area contributed by atoms with Crippen molar-refractivity contribution < 1.29 is 14.3 Å². The maximum atomic E-state index is 11.1. The van der Waals surface area contributed by atoms with Crippen LogP contribution in [0.15, 0.2) is 60.7 Å². The van der Waals surface area contributed by atoms with E-state index in [1.807, 2.05) is 49.5 Å². The molecule has 0 saturated heterocycles. The van der Waals surface area contributed by atoms with Crippen molar-refractivity contribution in [3.63, 3.8) is 0 Å². The van der Waals surface area contributed by atoms with Gasteiger partial charge >= 0.3 is 5.97 Å². The summed E-state index contributed by atoms with van der Waals surface area (Å²) >= 11 is 0. The maximum absolute atomic E-state index is 11.1. The van der Waals surface area contributed by atoms with Crippen LogP contribution < -0.4 is 10.1 Å². The Labute approximate surface area is 143 Å². The molecule has 0 heterocycles. The summed E-state index contributed by atoms with van der Waals surface area (Å²) in [5.74, 6) is 0.432. The van der Waals surface area contributed by atoms with Gasteiger partial charge in [-0.1, -0.05) is 42.5 Å². The first-order valence-electron chi connectivity index (χ1n) is 7.95. The van der Waals surface area contributed by atoms with Crippen molar-refractivity contribution in [1.82, 2.24) is 5.32 Å². The van der Waals surface area contributed by atoms with E-state index in [9.17, 15) is 4.79 Å². The Balaban J connectivity index is 2.06. The van der Waals surface area contributed by atoms with Crippen molar-refractivity contribution in [2.45, 2.75) is 12.5 Å². The van der Waals surface area contributed by atoms with Crippen molar-refractivity contribution in [1.29, 1.82) is 0 Å². The highest BCUT2D eigenvalue weighted by Crippen LogP contribution is 2.25. The summed E-state index contributed by atoms with van der Waals surface area (Å²) in [5.41, 5.74) is 2.07. The van der Waals surface area contributed by atoms with Crippen LogP contribution in [-0.4, -0.2) is 26.7 Å². The van der Waals surface area contributed by atoms with E-state index in [1.54, 1.807) is 6.08 Å². The van der Waals surface area contributed by atoms with E-state index in [-0.39, 0.29) is 12.1 Å². The van der Waals surface area contributed by atoms with Crippen LogP contribution >= 0.6 is 0 Å². The monoisotopic (exact) mass is 325 g/mol. The van der Waals surface area contributed by atoms with Crippen molar-refractivity contribution in [3.8, 4) is 5.75 Å². The van der Waals surface area contributed by atoms with Crippen molar-refractivity contribution in [2.75, 3.05) is 20.7 Å². The van der Waals surface area contributed by atoms with Gasteiger partial charge in [0.2, 0.25) is 0 Å². The fourth-order valence-corrected chi connectivity index (χ4v) is 2.29. The van der Waals surface area contributed by atoms with Crippen LogP contribution in [0.3, 0.4) is 0 Å². The van der Waals surface area contributed by atoms with Gasteiger partial charge in [0.1, 0.15) is 11.9 Å². The molecular weight excluding hydrogens is 302 g/mol. The predicted molar refractivity (Wildman–Crippen MR) is 95.8 cm³/mol. The van der Waals surface area contributed by atoms with Gasteiger partial charge in [0.25, 0.3) is 0 Å². The molecule has 4 heteroatoms. The Kier molecular flexibility index (Phi) is 7.05. The Morgan fingerprint density at radius 3 is 2.46 bits per heavy atom. The molecule has 2 rings (SSSR count). The first-order valence-corrected chi connectivity index (χ1v) is 7.95. The Morgan fingerprint density at radius 1 is 1.12 bits per heavy atom. The van der Waals surface area contributed by atoms with E-state index < -0.39 is 0 Å². The highest BCUT2D eigenvalue weighted by atomic mass is 16.5. The molecule has 0 aliphatic rings. The van der Waals surface area contributed by atoms with Crippen molar-refractivity contribution in [2.24, 2.45) is 0 Å². The lowest BCUT2D eigenvalue weighted by Gasteiger charge is -2.19.